The normalized spacial score (nSPS) is 11.5. The van der Waals surface area contributed by atoms with Crippen molar-refractivity contribution in [2.24, 2.45) is 0 Å². The first kappa shape index (κ1) is 20.3. The molecule has 1 nitrogen and oxygen atoms in total. The molecule has 0 radical (unpaired) electrons. The van der Waals surface area contributed by atoms with Crippen molar-refractivity contribution >= 4 is 0 Å². The third-order valence-electron chi connectivity index (χ3n) is 3.29. The first-order valence-corrected chi connectivity index (χ1v) is 7.48. The second-order valence-corrected chi connectivity index (χ2v) is 5.61. The Morgan fingerprint density at radius 1 is 1.04 bits per heavy atom. The van der Waals surface area contributed by atoms with Gasteiger partial charge in [0.15, 0.2) is 11.6 Å². The van der Waals surface area contributed by atoms with Crippen molar-refractivity contribution in [1.82, 2.24) is 0 Å². The molecule has 0 bridgehead atoms. The molecular formula is C21H21F3O. The molecule has 25 heavy (non-hydrogen) atoms. The summed E-state index contributed by atoms with van der Waals surface area (Å²) < 4.78 is 45.9. The minimum Gasteiger partial charge on any atom is -0.486 e. The first-order valence-electron chi connectivity index (χ1n) is 7.48. The fourth-order valence-electron chi connectivity index (χ4n) is 1.65. The van der Waals surface area contributed by atoms with Gasteiger partial charge in [-0.25, -0.2) is 8.78 Å². The molecule has 132 valence electrons. The Bertz CT molecular complexity index is 783. The van der Waals surface area contributed by atoms with Crippen LogP contribution in [0.1, 0.15) is 12.5 Å². The molecule has 0 aliphatic carbocycles. The van der Waals surface area contributed by atoms with E-state index in [-0.39, 0.29) is 17.9 Å². The van der Waals surface area contributed by atoms with E-state index in [1.165, 1.54) is 25.1 Å². The van der Waals surface area contributed by atoms with Gasteiger partial charge >= 0.3 is 0 Å². The zero-order valence-corrected chi connectivity index (χ0v) is 14.5. The van der Waals surface area contributed by atoms with Gasteiger partial charge in [-0.3, -0.25) is 0 Å². The van der Waals surface area contributed by atoms with Gasteiger partial charge in [-0.2, -0.15) is 4.39 Å². The molecule has 0 spiro atoms. The number of allylic oxidation sites excluding steroid dienone is 6. The van der Waals surface area contributed by atoms with Crippen LogP contribution in [0.4, 0.5) is 13.2 Å². The summed E-state index contributed by atoms with van der Waals surface area (Å²) in [6.07, 6.45) is 4.41. The van der Waals surface area contributed by atoms with Gasteiger partial charge < -0.3 is 4.74 Å². The molecule has 0 N–H and O–H groups in total. The van der Waals surface area contributed by atoms with E-state index in [4.69, 9.17) is 4.74 Å². The van der Waals surface area contributed by atoms with Crippen LogP contribution in [-0.4, -0.2) is 6.61 Å². The van der Waals surface area contributed by atoms with E-state index in [0.29, 0.717) is 22.3 Å². The Labute approximate surface area is 146 Å². The predicted molar refractivity (Wildman–Crippen MR) is 97.2 cm³/mol. The summed E-state index contributed by atoms with van der Waals surface area (Å²) in [6.45, 7) is 17.7. The molecule has 1 rings (SSSR count). The summed E-state index contributed by atoms with van der Waals surface area (Å²) in [5.74, 6) is -2.63. The number of halogens is 3. The number of hydrogen-bond acceptors (Lipinski definition) is 1. The predicted octanol–water partition coefficient (Wildman–Crippen LogP) is 6.31. The summed E-state index contributed by atoms with van der Waals surface area (Å²) in [6, 6.07) is 2.79. The highest BCUT2D eigenvalue weighted by Crippen LogP contribution is 2.23. The molecule has 0 saturated carbocycles. The highest BCUT2D eigenvalue weighted by Gasteiger charge is 2.11. The van der Waals surface area contributed by atoms with Crippen LogP contribution in [0.15, 0.2) is 84.8 Å². The molecule has 0 amide bonds. The van der Waals surface area contributed by atoms with E-state index >= 15 is 0 Å². The number of benzene rings is 1. The maximum absolute atomic E-state index is 13.7. The summed E-state index contributed by atoms with van der Waals surface area (Å²) >= 11 is 0. The molecule has 0 unspecified atom stereocenters. The summed E-state index contributed by atoms with van der Waals surface area (Å²) in [4.78, 5) is 0. The molecule has 0 aliphatic rings. The van der Waals surface area contributed by atoms with Gasteiger partial charge in [0.25, 0.3) is 0 Å². The maximum Gasteiger partial charge on any atom is 0.200 e. The molecule has 0 aliphatic heterocycles. The SMILES string of the molecule is C=C(/C=C\C(=C)C(=C)/C=C(/F)C(=C)C)COc1ccc(C)c(F)c1F. The van der Waals surface area contributed by atoms with Crippen LogP contribution in [-0.2, 0) is 0 Å². The highest BCUT2D eigenvalue weighted by atomic mass is 19.2. The second kappa shape index (κ2) is 8.92. The van der Waals surface area contributed by atoms with Crippen LogP contribution < -0.4 is 4.74 Å². The van der Waals surface area contributed by atoms with Gasteiger partial charge in [0.05, 0.1) is 0 Å². The Hall–Kier alpha value is -2.75. The average Bonchev–Trinajstić information content (AvgIpc) is 2.56. The Kier molecular flexibility index (Phi) is 7.24. The van der Waals surface area contributed by atoms with E-state index in [2.05, 4.69) is 26.3 Å². The van der Waals surface area contributed by atoms with E-state index in [9.17, 15) is 13.2 Å². The van der Waals surface area contributed by atoms with E-state index in [1.54, 1.807) is 19.1 Å². The molecule has 0 fully saturated rings. The first-order chi connectivity index (χ1) is 11.6. The third kappa shape index (κ3) is 5.99. The summed E-state index contributed by atoms with van der Waals surface area (Å²) in [7, 11) is 0. The van der Waals surface area contributed by atoms with Gasteiger partial charge in [-0.05, 0) is 53.8 Å². The largest absolute Gasteiger partial charge is 0.486 e. The molecule has 0 saturated heterocycles. The lowest BCUT2D eigenvalue weighted by molar-refractivity contribution is 0.326. The van der Waals surface area contributed by atoms with Crippen molar-refractivity contribution in [1.29, 1.82) is 0 Å². The lowest BCUT2D eigenvalue weighted by atomic mass is 10.1. The van der Waals surface area contributed by atoms with Crippen molar-refractivity contribution in [2.75, 3.05) is 6.61 Å². The molecule has 1 aromatic rings. The van der Waals surface area contributed by atoms with E-state index < -0.39 is 17.5 Å². The van der Waals surface area contributed by atoms with Crippen molar-refractivity contribution < 1.29 is 17.9 Å². The molecular weight excluding hydrogens is 325 g/mol. The van der Waals surface area contributed by atoms with Crippen LogP contribution in [0.5, 0.6) is 5.75 Å². The van der Waals surface area contributed by atoms with E-state index in [0.717, 1.165) is 0 Å². The minimum atomic E-state index is -1.03. The topological polar surface area (TPSA) is 9.23 Å². The Morgan fingerprint density at radius 2 is 1.68 bits per heavy atom. The second-order valence-electron chi connectivity index (χ2n) is 5.61. The van der Waals surface area contributed by atoms with Crippen molar-refractivity contribution in [2.45, 2.75) is 13.8 Å². The number of ether oxygens (including phenoxy) is 1. The fourth-order valence-corrected chi connectivity index (χ4v) is 1.65. The summed E-state index contributed by atoms with van der Waals surface area (Å²) in [5, 5.41) is 0. The van der Waals surface area contributed by atoms with Gasteiger partial charge in [0.2, 0.25) is 5.82 Å². The van der Waals surface area contributed by atoms with Crippen molar-refractivity contribution in [3.8, 4) is 5.75 Å². The number of rotatable bonds is 8. The summed E-state index contributed by atoms with van der Waals surface area (Å²) in [5.41, 5.74) is 1.86. The van der Waals surface area contributed by atoms with Crippen LogP contribution in [0, 0.1) is 18.6 Å². The van der Waals surface area contributed by atoms with Crippen molar-refractivity contribution in [3.63, 3.8) is 0 Å². The molecule has 4 heteroatoms. The van der Waals surface area contributed by atoms with Crippen LogP contribution in [0.25, 0.3) is 0 Å². The fraction of sp³-hybridized carbons (Fsp3) is 0.143. The Morgan fingerprint density at radius 3 is 2.28 bits per heavy atom. The molecule has 0 atom stereocenters. The van der Waals surface area contributed by atoms with Gasteiger partial charge in [-0.1, -0.05) is 44.5 Å². The van der Waals surface area contributed by atoms with E-state index in [1.807, 2.05) is 0 Å². The van der Waals surface area contributed by atoms with Crippen molar-refractivity contribution in [3.05, 3.63) is 102 Å². The number of aryl methyl sites for hydroxylation is 1. The third-order valence-corrected chi connectivity index (χ3v) is 3.29. The van der Waals surface area contributed by atoms with Gasteiger partial charge in [-0.15, -0.1) is 0 Å². The minimum absolute atomic E-state index is 0.0361. The average molecular weight is 346 g/mol. The molecule has 0 aromatic heterocycles. The molecule has 1 aromatic carbocycles. The lowest BCUT2D eigenvalue weighted by Crippen LogP contribution is -2.02. The Balaban J connectivity index is 2.65. The quantitative estimate of drug-likeness (QED) is 0.501. The van der Waals surface area contributed by atoms with Gasteiger partial charge in [0, 0.05) is 0 Å². The molecule has 0 heterocycles. The van der Waals surface area contributed by atoms with Crippen LogP contribution >= 0.6 is 0 Å². The number of hydrogen-bond donors (Lipinski definition) is 0. The van der Waals surface area contributed by atoms with Crippen LogP contribution in [0.3, 0.4) is 0 Å². The van der Waals surface area contributed by atoms with Gasteiger partial charge in [0.1, 0.15) is 12.4 Å². The van der Waals surface area contributed by atoms with Crippen LogP contribution in [0.2, 0.25) is 0 Å². The lowest BCUT2D eigenvalue weighted by Gasteiger charge is -2.09. The monoisotopic (exact) mass is 346 g/mol. The standard InChI is InChI=1S/C21H21F3O/c1-13(2)18(22)11-17(6)15(4)8-7-14(3)12-25-19-10-9-16(5)20(23)21(19)24/h7-11H,1,3-4,6,12H2,2,5H3/b8-7-,18-11+. The smallest absolute Gasteiger partial charge is 0.200 e. The zero-order valence-electron chi connectivity index (χ0n) is 14.5. The highest BCUT2D eigenvalue weighted by molar-refractivity contribution is 5.46. The zero-order chi connectivity index (χ0) is 19.1. The maximum atomic E-state index is 13.7.